The third-order valence-electron chi connectivity index (χ3n) is 6.10. The number of ketones is 1. The Morgan fingerprint density at radius 3 is 2.36 bits per heavy atom. The van der Waals surface area contributed by atoms with E-state index in [1.165, 1.54) is 4.90 Å². The minimum Gasteiger partial charge on any atom is -0.507 e. The number of carbonyl (C=O) groups is 2. The highest BCUT2D eigenvalue weighted by Gasteiger charge is 2.47. The molecule has 1 amide bonds. The molecule has 168 valence electrons. The zero-order valence-electron chi connectivity index (χ0n) is 19.3. The van der Waals surface area contributed by atoms with Crippen molar-refractivity contribution in [2.75, 3.05) is 12.0 Å². The lowest BCUT2D eigenvalue weighted by atomic mass is 9.94. The molecule has 0 bridgehead atoms. The maximum absolute atomic E-state index is 13.3. The molecule has 0 saturated carbocycles. The number of hydrogen-bond donors (Lipinski definition) is 1. The van der Waals surface area contributed by atoms with E-state index in [2.05, 4.69) is 0 Å². The van der Waals surface area contributed by atoms with Crippen LogP contribution in [0.3, 0.4) is 0 Å². The molecule has 1 saturated heterocycles. The molecule has 0 spiro atoms. The fourth-order valence-corrected chi connectivity index (χ4v) is 4.34. The second kappa shape index (κ2) is 8.94. The number of benzene rings is 3. The van der Waals surface area contributed by atoms with Gasteiger partial charge in [-0.05, 0) is 55.2 Å². The van der Waals surface area contributed by atoms with Gasteiger partial charge in [0.2, 0.25) is 0 Å². The Morgan fingerprint density at radius 2 is 1.73 bits per heavy atom. The van der Waals surface area contributed by atoms with E-state index in [0.717, 1.165) is 23.1 Å². The number of hydrogen-bond acceptors (Lipinski definition) is 4. The lowest BCUT2D eigenvalue weighted by molar-refractivity contribution is -0.132. The highest BCUT2D eigenvalue weighted by Crippen LogP contribution is 2.43. The summed E-state index contributed by atoms with van der Waals surface area (Å²) in [6, 6.07) is 19.6. The third-order valence-corrected chi connectivity index (χ3v) is 6.10. The summed E-state index contributed by atoms with van der Waals surface area (Å²) in [6.45, 7) is 5.94. The van der Waals surface area contributed by atoms with Gasteiger partial charge in [-0.3, -0.25) is 14.5 Å². The topological polar surface area (TPSA) is 66.8 Å². The summed E-state index contributed by atoms with van der Waals surface area (Å²) in [5.41, 5.74) is 4.93. The van der Waals surface area contributed by atoms with E-state index in [-0.39, 0.29) is 11.3 Å². The molecule has 1 atom stereocenters. The summed E-state index contributed by atoms with van der Waals surface area (Å²) in [7, 11) is 1.56. The molecule has 1 heterocycles. The van der Waals surface area contributed by atoms with Crippen molar-refractivity contribution < 1.29 is 19.4 Å². The van der Waals surface area contributed by atoms with E-state index in [4.69, 9.17) is 4.74 Å². The van der Waals surface area contributed by atoms with Crippen LogP contribution in [0.1, 0.15) is 40.8 Å². The van der Waals surface area contributed by atoms with Crippen LogP contribution in [0.2, 0.25) is 0 Å². The quantitative estimate of drug-likeness (QED) is 0.322. The van der Waals surface area contributed by atoms with E-state index < -0.39 is 17.7 Å². The molecular weight excluding hydrogens is 414 g/mol. The predicted molar refractivity (Wildman–Crippen MR) is 130 cm³/mol. The van der Waals surface area contributed by atoms with Gasteiger partial charge in [-0.1, -0.05) is 61.0 Å². The number of Topliss-reactive ketones (excluding diaryl/α,β-unsaturated/α-hetero) is 1. The number of ether oxygens (including phenoxy) is 1. The molecular formula is C28H27NO4. The average Bonchev–Trinajstić information content (AvgIpc) is 3.09. The molecule has 1 aliphatic heterocycles. The van der Waals surface area contributed by atoms with Crippen LogP contribution in [0.4, 0.5) is 5.69 Å². The highest BCUT2D eigenvalue weighted by atomic mass is 16.5. The Hall–Kier alpha value is -3.86. The van der Waals surface area contributed by atoms with Gasteiger partial charge >= 0.3 is 0 Å². The number of aliphatic hydroxyl groups excluding tert-OH is 1. The van der Waals surface area contributed by atoms with Crippen LogP contribution >= 0.6 is 0 Å². The number of anilines is 1. The molecule has 0 aromatic heterocycles. The lowest BCUT2D eigenvalue weighted by Gasteiger charge is -2.27. The molecule has 3 aromatic rings. The molecule has 33 heavy (non-hydrogen) atoms. The van der Waals surface area contributed by atoms with Gasteiger partial charge in [-0.15, -0.1) is 0 Å². The number of rotatable bonds is 5. The smallest absolute Gasteiger partial charge is 0.300 e. The van der Waals surface area contributed by atoms with Crippen molar-refractivity contribution in [2.45, 2.75) is 33.2 Å². The fraction of sp³-hybridized carbons (Fsp3) is 0.214. The maximum atomic E-state index is 13.3. The summed E-state index contributed by atoms with van der Waals surface area (Å²) in [5, 5.41) is 11.3. The lowest BCUT2D eigenvalue weighted by Crippen LogP contribution is -2.30. The predicted octanol–water partition coefficient (Wildman–Crippen LogP) is 5.50. The van der Waals surface area contributed by atoms with Crippen molar-refractivity contribution in [3.05, 3.63) is 100 Å². The summed E-state index contributed by atoms with van der Waals surface area (Å²) in [5.74, 6) is -0.955. The van der Waals surface area contributed by atoms with Gasteiger partial charge in [0.1, 0.15) is 11.5 Å². The van der Waals surface area contributed by atoms with Gasteiger partial charge in [-0.2, -0.15) is 0 Å². The number of carbonyl (C=O) groups excluding carboxylic acids is 2. The Labute approximate surface area is 193 Å². The van der Waals surface area contributed by atoms with Crippen molar-refractivity contribution in [3.8, 4) is 5.75 Å². The third kappa shape index (κ3) is 4.02. The summed E-state index contributed by atoms with van der Waals surface area (Å²) >= 11 is 0. The number of amides is 1. The van der Waals surface area contributed by atoms with Crippen molar-refractivity contribution in [1.29, 1.82) is 0 Å². The summed E-state index contributed by atoms with van der Waals surface area (Å²) in [6.07, 6.45) is 0.863. The number of aryl methyl sites for hydroxylation is 3. The maximum Gasteiger partial charge on any atom is 0.300 e. The summed E-state index contributed by atoms with van der Waals surface area (Å²) in [4.78, 5) is 28.1. The van der Waals surface area contributed by atoms with Crippen LogP contribution in [0.15, 0.2) is 72.3 Å². The van der Waals surface area contributed by atoms with Crippen LogP contribution in [0, 0.1) is 13.8 Å². The van der Waals surface area contributed by atoms with Gasteiger partial charge in [0.15, 0.2) is 0 Å². The average molecular weight is 442 g/mol. The SMILES string of the molecule is CCc1ccc(/C(O)=C2\C(=O)C(=O)N(c3ccc(C)cc3C)C2c2cccc(OC)c2)cc1. The number of methoxy groups -OCH3 is 1. The molecule has 1 unspecified atom stereocenters. The Bertz CT molecular complexity index is 1260. The first-order valence-corrected chi connectivity index (χ1v) is 11.0. The molecule has 1 fully saturated rings. The monoisotopic (exact) mass is 441 g/mol. The minimum absolute atomic E-state index is 0.0671. The molecule has 5 heteroatoms. The van der Waals surface area contributed by atoms with Crippen LogP contribution < -0.4 is 9.64 Å². The Morgan fingerprint density at radius 1 is 1.00 bits per heavy atom. The van der Waals surface area contributed by atoms with Crippen molar-refractivity contribution in [1.82, 2.24) is 0 Å². The molecule has 3 aromatic carbocycles. The first kappa shape index (κ1) is 22.3. The molecule has 5 nitrogen and oxygen atoms in total. The minimum atomic E-state index is -0.785. The van der Waals surface area contributed by atoms with E-state index in [1.54, 1.807) is 31.4 Å². The van der Waals surface area contributed by atoms with Crippen molar-refractivity contribution >= 4 is 23.1 Å². The standard InChI is InChI=1S/C28H27NO4/c1-5-19-10-12-20(13-11-19)26(30)24-25(21-7-6-8-22(16-21)33-4)29(28(32)27(24)31)23-14-9-17(2)15-18(23)3/h6-16,25,30H,5H2,1-4H3/b26-24+. The molecule has 4 rings (SSSR count). The van der Waals surface area contributed by atoms with Gasteiger partial charge < -0.3 is 9.84 Å². The van der Waals surface area contributed by atoms with Gasteiger partial charge in [0.25, 0.3) is 11.7 Å². The van der Waals surface area contributed by atoms with E-state index >= 15 is 0 Å². The van der Waals surface area contributed by atoms with Crippen LogP contribution in [0.25, 0.3) is 5.76 Å². The van der Waals surface area contributed by atoms with E-state index in [0.29, 0.717) is 22.6 Å². The normalized spacial score (nSPS) is 17.5. The largest absolute Gasteiger partial charge is 0.507 e. The van der Waals surface area contributed by atoms with Gasteiger partial charge in [0.05, 0.1) is 18.7 Å². The molecule has 0 aliphatic carbocycles. The van der Waals surface area contributed by atoms with Gasteiger partial charge in [-0.25, -0.2) is 0 Å². The molecule has 0 radical (unpaired) electrons. The van der Waals surface area contributed by atoms with Crippen LogP contribution in [-0.4, -0.2) is 23.9 Å². The van der Waals surface area contributed by atoms with Crippen molar-refractivity contribution in [2.24, 2.45) is 0 Å². The fourth-order valence-electron chi connectivity index (χ4n) is 4.34. The van der Waals surface area contributed by atoms with E-state index in [1.807, 2.05) is 63.2 Å². The zero-order chi connectivity index (χ0) is 23.7. The summed E-state index contributed by atoms with van der Waals surface area (Å²) < 4.78 is 5.39. The van der Waals surface area contributed by atoms with Crippen LogP contribution in [-0.2, 0) is 16.0 Å². The highest BCUT2D eigenvalue weighted by molar-refractivity contribution is 6.51. The Balaban J connectivity index is 1.95. The number of nitrogens with zero attached hydrogens (tertiary/aromatic N) is 1. The first-order valence-electron chi connectivity index (χ1n) is 11.0. The zero-order valence-corrected chi connectivity index (χ0v) is 19.3. The molecule has 1 N–H and O–H groups in total. The van der Waals surface area contributed by atoms with E-state index in [9.17, 15) is 14.7 Å². The van der Waals surface area contributed by atoms with Crippen LogP contribution in [0.5, 0.6) is 5.75 Å². The second-order valence-electron chi connectivity index (χ2n) is 8.29. The first-order chi connectivity index (χ1) is 15.8. The second-order valence-corrected chi connectivity index (χ2v) is 8.29. The van der Waals surface area contributed by atoms with Crippen molar-refractivity contribution in [3.63, 3.8) is 0 Å². The molecule has 1 aliphatic rings. The number of aliphatic hydroxyl groups is 1. The van der Waals surface area contributed by atoms with Gasteiger partial charge in [0, 0.05) is 11.3 Å². The Kier molecular flexibility index (Phi) is 6.05.